The van der Waals surface area contributed by atoms with E-state index in [1.165, 1.54) is 4.68 Å². The van der Waals surface area contributed by atoms with Crippen molar-refractivity contribution >= 4 is 11.6 Å². The van der Waals surface area contributed by atoms with Gasteiger partial charge in [-0.05, 0) is 24.3 Å². The Hall–Kier alpha value is -1.72. The van der Waals surface area contributed by atoms with E-state index in [1.807, 2.05) is 0 Å². The van der Waals surface area contributed by atoms with Crippen molar-refractivity contribution < 1.29 is 10.2 Å². The van der Waals surface area contributed by atoms with Crippen LogP contribution in [0.25, 0.3) is 5.69 Å². The van der Waals surface area contributed by atoms with E-state index in [9.17, 15) is 9.90 Å². The van der Waals surface area contributed by atoms with Crippen molar-refractivity contribution in [1.82, 2.24) is 9.78 Å². The van der Waals surface area contributed by atoms with Crippen molar-refractivity contribution in [2.75, 3.05) is 0 Å². The Morgan fingerprint density at radius 1 is 1.31 bits per heavy atom. The van der Waals surface area contributed by atoms with Crippen LogP contribution in [0, 0.1) is 0 Å². The van der Waals surface area contributed by atoms with E-state index in [4.69, 9.17) is 16.7 Å². The van der Waals surface area contributed by atoms with Gasteiger partial charge in [0.15, 0.2) is 0 Å². The van der Waals surface area contributed by atoms with Crippen LogP contribution in [0.1, 0.15) is 5.56 Å². The summed E-state index contributed by atoms with van der Waals surface area (Å²) in [4.78, 5) is 11.3. The van der Waals surface area contributed by atoms with Gasteiger partial charge in [0.25, 0.3) is 5.56 Å². The number of aromatic nitrogens is 2. The predicted octanol–water partition coefficient (Wildman–Crippen LogP) is 1.02. The Morgan fingerprint density at radius 2 is 1.94 bits per heavy atom. The molecule has 2 rings (SSSR count). The molecule has 0 fully saturated rings. The number of hydrogen-bond donors (Lipinski definition) is 3. The Morgan fingerprint density at radius 3 is 2.44 bits per heavy atom. The number of aliphatic hydroxyl groups is 1. The van der Waals surface area contributed by atoms with Gasteiger partial charge in [-0.1, -0.05) is 11.6 Å². The molecule has 0 bridgehead atoms. The number of hydrogen-bond acceptors (Lipinski definition) is 3. The molecule has 0 aliphatic carbocycles. The molecule has 0 spiro atoms. The molecule has 0 unspecified atom stereocenters. The molecule has 0 saturated heterocycles. The molecule has 0 aliphatic heterocycles. The first-order valence-corrected chi connectivity index (χ1v) is 4.91. The first-order valence-electron chi connectivity index (χ1n) is 4.53. The fraction of sp³-hybridized carbons (Fsp3) is 0.100. The summed E-state index contributed by atoms with van der Waals surface area (Å²) in [7, 11) is 0. The topological polar surface area (TPSA) is 78.2 Å². The van der Waals surface area contributed by atoms with Crippen molar-refractivity contribution in [3.05, 3.63) is 45.2 Å². The Bertz CT molecular complexity index is 556. The van der Waals surface area contributed by atoms with Gasteiger partial charge in [0.2, 0.25) is 5.88 Å². The lowest BCUT2D eigenvalue weighted by Crippen LogP contribution is -2.06. The average Bonchev–Trinajstić information content (AvgIpc) is 2.55. The van der Waals surface area contributed by atoms with Crippen molar-refractivity contribution in [1.29, 1.82) is 0 Å². The lowest BCUT2D eigenvalue weighted by atomic mass is 10.3. The number of nitrogens with one attached hydrogen (secondary N) is 1. The van der Waals surface area contributed by atoms with E-state index >= 15 is 0 Å². The van der Waals surface area contributed by atoms with Crippen LogP contribution in [0.15, 0.2) is 29.1 Å². The molecule has 0 radical (unpaired) electrons. The van der Waals surface area contributed by atoms with Crippen LogP contribution in [0.5, 0.6) is 5.88 Å². The number of aromatic amines is 1. The standard InChI is InChI=1S/C10H9ClN2O3/c11-6-1-3-7(4-2-6)13-10(16)8(5-14)9(15)12-13/h1-4,14,16H,5H2,(H,12,15). The van der Waals surface area contributed by atoms with Gasteiger partial charge in [0, 0.05) is 5.02 Å². The molecule has 1 aromatic heterocycles. The first-order chi connectivity index (χ1) is 7.63. The maximum absolute atomic E-state index is 11.3. The number of rotatable bonds is 2. The normalized spacial score (nSPS) is 10.6. The molecule has 0 saturated carbocycles. The van der Waals surface area contributed by atoms with Gasteiger partial charge < -0.3 is 10.2 Å². The third-order valence-electron chi connectivity index (χ3n) is 2.21. The fourth-order valence-corrected chi connectivity index (χ4v) is 1.50. The highest BCUT2D eigenvalue weighted by atomic mass is 35.5. The quantitative estimate of drug-likeness (QED) is 0.733. The highest BCUT2D eigenvalue weighted by Gasteiger charge is 2.13. The van der Waals surface area contributed by atoms with E-state index in [2.05, 4.69) is 5.10 Å². The molecule has 5 nitrogen and oxygen atoms in total. The summed E-state index contributed by atoms with van der Waals surface area (Å²) >= 11 is 5.72. The Labute approximate surface area is 95.5 Å². The third-order valence-corrected chi connectivity index (χ3v) is 2.46. The molecule has 1 heterocycles. The summed E-state index contributed by atoms with van der Waals surface area (Å²) in [6.07, 6.45) is 0. The van der Waals surface area contributed by atoms with Crippen LogP contribution in [-0.4, -0.2) is 20.0 Å². The molecule has 1 aromatic carbocycles. The van der Waals surface area contributed by atoms with Gasteiger partial charge in [-0.15, -0.1) is 0 Å². The monoisotopic (exact) mass is 240 g/mol. The fourth-order valence-electron chi connectivity index (χ4n) is 1.38. The number of aliphatic hydroxyl groups excluding tert-OH is 1. The van der Waals surface area contributed by atoms with Gasteiger partial charge in [-0.25, -0.2) is 4.68 Å². The van der Waals surface area contributed by atoms with Crippen LogP contribution in [-0.2, 0) is 6.61 Å². The second kappa shape index (κ2) is 4.03. The highest BCUT2D eigenvalue weighted by molar-refractivity contribution is 6.30. The number of benzene rings is 1. The smallest absolute Gasteiger partial charge is 0.273 e. The van der Waals surface area contributed by atoms with E-state index in [1.54, 1.807) is 24.3 Å². The third kappa shape index (κ3) is 1.70. The van der Waals surface area contributed by atoms with Gasteiger partial charge in [-0.3, -0.25) is 9.89 Å². The van der Waals surface area contributed by atoms with E-state index < -0.39 is 12.2 Å². The van der Waals surface area contributed by atoms with Crippen molar-refractivity contribution in [3.63, 3.8) is 0 Å². The number of aromatic hydroxyl groups is 1. The van der Waals surface area contributed by atoms with Crippen LogP contribution < -0.4 is 5.56 Å². The molecule has 2 aromatic rings. The number of nitrogens with zero attached hydrogens (tertiary/aromatic N) is 1. The summed E-state index contributed by atoms with van der Waals surface area (Å²) in [6.45, 7) is -0.512. The molecule has 0 amide bonds. The zero-order valence-electron chi connectivity index (χ0n) is 8.14. The number of halogens is 1. The van der Waals surface area contributed by atoms with Crippen LogP contribution in [0.3, 0.4) is 0 Å². The molecule has 0 aliphatic rings. The molecule has 16 heavy (non-hydrogen) atoms. The van der Waals surface area contributed by atoms with Crippen molar-refractivity contribution in [2.24, 2.45) is 0 Å². The average molecular weight is 241 g/mol. The van der Waals surface area contributed by atoms with Crippen LogP contribution >= 0.6 is 11.6 Å². The molecule has 3 N–H and O–H groups in total. The largest absolute Gasteiger partial charge is 0.493 e. The van der Waals surface area contributed by atoms with E-state index in [-0.39, 0.29) is 11.4 Å². The van der Waals surface area contributed by atoms with Gasteiger partial charge in [0.05, 0.1) is 12.3 Å². The first kappa shape index (κ1) is 10.8. The SMILES string of the molecule is O=c1[nH]n(-c2ccc(Cl)cc2)c(O)c1CO. The summed E-state index contributed by atoms with van der Waals surface area (Å²) in [6, 6.07) is 6.54. The minimum atomic E-state index is -0.519. The van der Waals surface area contributed by atoms with Crippen molar-refractivity contribution in [2.45, 2.75) is 6.61 Å². The van der Waals surface area contributed by atoms with Gasteiger partial charge >= 0.3 is 0 Å². The van der Waals surface area contributed by atoms with Gasteiger partial charge in [0.1, 0.15) is 5.56 Å². The van der Waals surface area contributed by atoms with Crippen LogP contribution in [0.4, 0.5) is 0 Å². The van der Waals surface area contributed by atoms with E-state index in [0.717, 1.165) is 0 Å². The summed E-state index contributed by atoms with van der Waals surface area (Å²) < 4.78 is 1.18. The molecular weight excluding hydrogens is 232 g/mol. The summed E-state index contributed by atoms with van der Waals surface area (Å²) in [5.41, 5.74) is -0.0244. The molecular formula is C10H9ClN2O3. The lowest BCUT2D eigenvalue weighted by molar-refractivity contribution is 0.273. The Kier molecular flexibility index (Phi) is 2.72. The molecule has 6 heteroatoms. The van der Waals surface area contributed by atoms with Crippen LogP contribution in [0.2, 0.25) is 5.02 Å². The minimum Gasteiger partial charge on any atom is -0.493 e. The summed E-state index contributed by atoms with van der Waals surface area (Å²) in [5.74, 6) is -0.296. The minimum absolute atomic E-state index is 0.0602. The maximum atomic E-state index is 11.3. The predicted molar refractivity (Wildman–Crippen MR) is 59.0 cm³/mol. The van der Waals surface area contributed by atoms with Gasteiger partial charge in [-0.2, -0.15) is 0 Å². The van der Waals surface area contributed by atoms with E-state index in [0.29, 0.717) is 10.7 Å². The summed E-state index contributed by atoms with van der Waals surface area (Å²) in [5, 5.41) is 21.5. The molecule has 84 valence electrons. The highest BCUT2D eigenvalue weighted by Crippen LogP contribution is 2.19. The lowest BCUT2D eigenvalue weighted by Gasteiger charge is -2.03. The molecule has 0 atom stereocenters. The second-order valence-corrected chi connectivity index (χ2v) is 3.65. The maximum Gasteiger partial charge on any atom is 0.273 e. The zero-order chi connectivity index (χ0) is 11.7. The number of H-pyrrole nitrogens is 1. The van der Waals surface area contributed by atoms with Crippen molar-refractivity contribution in [3.8, 4) is 11.6 Å². The zero-order valence-corrected chi connectivity index (χ0v) is 8.90. The second-order valence-electron chi connectivity index (χ2n) is 3.21. The Balaban J connectivity index is 2.56.